The molecule has 0 saturated heterocycles. The minimum Gasteiger partial charge on any atom is -0.310 e. The average Bonchev–Trinajstić information content (AvgIpc) is 3.68. The minimum atomic E-state index is -0.100. The van der Waals surface area contributed by atoms with E-state index in [1.54, 1.807) is 11.1 Å². The second kappa shape index (κ2) is 11.8. The third-order valence-electron chi connectivity index (χ3n) is 15.8. The molecule has 1 heteroatoms. The zero-order valence-electron chi connectivity index (χ0n) is 33.4. The van der Waals surface area contributed by atoms with Crippen molar-refractivity contribution >= 4 is 38.6 Å². The molecule has 8 aromatic rings. The zero-order chi connectivity index (χ0) is 38.3. The van der Waals surface area contributed by atoms with Gasteiger partial charge in [0.15, 0.2) is 0 Å². The number of anilines is 3. The first-order chi connectivity index (χ1) is 28.5. The van der Waals surface area contributed by atoms with Crippen molar-refractivity contribution in [1.82, 2.24) is 0 Å². The van der Waals surface area contributed by atoms with Crippen LogP contribution in [0.3, 0.4) is 0 Å². The maximum atomic E-state index is 2.66. The Hall–Kier alpha value is -5.92. The minimum absolute atomic E-state index is 0.100. The summed E-state index contributed by atoms with van der Waals surface area (Å²) in [6.07, 6.45) is 7.00. The number of rotatable bonds is 4. The molecule has 1 spiro atoms. The Bertz CT molecular complexity index is 2990. The quantitative estimate of drug-likeness (QED) is 0.162. The summed E-state index contributed by atoms with van der Waals surface area (Å²) in [6.45, 7) is 4.81. The van der Waals surface area contributed by atoms with Gasteiger partial charge >= 0.3 is 0 Å². The fourth-order valence-electron chi connectivity index (χ4n) is 13.8. The Morgan fingerprint density at radius 3 is 1.88 bits per heavy atom. The maximum absolute atomic E-state index is 2.66. The van der Waals surface area contributed by atoms with Crippen molar-refractivity contribution in [2.75, 3.05) is 4.90 Å². The molecule has 1 nitrogen and oxygen atoms in total. The molecule has 0 radical (unpaired) electrons. The van der Waals surface area contributed by atoms with Crippen LogP contribution in [0.4, 0.5) is 17.1 Å². The normalized spacial score (nSPS) is 23.9. The van der Waals surface area contributed by atoms with Crippen molar-refractivity contribution in [3.8, 4) is 33.4 Å². The fraction of sp³-hybridized carbons (Fsp3) is 0.228. The molecule has 4 bridgehead atoms. The van der Waals surface area contributed by atoms with Crippen LogP contribution in [0.2, 0.25) is 0 Å². The highest BCUT2D eigenvalue weighted by molar-refractivity contribution is 6.13. The third-order valence-corrected chi connectivity index (χ3v) is 15.8. The summed E-state index contributed by atoms with van der Waals surface area (Å²) in [6, 6.07) is 62.9. The smallest absolute Gasteiger partial charge is 0.0540 e. The molecule has 0 atom stereocenters. The largest absolute Gasteiger partial charge is 0.310 e. The van der Waals surface area contributed by atoms with E-state index in [2.05, 4.69) is 183 Å². The second-order valence-corrected chi connectivity index (χ2v) is 18.9. The van der Waals surface area contributed by atoms with Gasteiger partial charge in [-0.3, -0.25) is 0 Å². The molecule has 6 aliphatic carbocycles. The molecule has 14 rings (SSSR count). The molecule has 0 heterocycles. The topological polar surface area (TPSA) is 3.24 Å². The summed E-state index contributed by atoms with van der Waals surface area (Å²) < 4.78 is 0. The van der Waals surface area contributed by atoms with Crippen molar-refractivity contribution in [2.45, 2.75) is 56.8 Å². The van der Waals surface area contributed by atoms with E-state index >= 15 is 0 Å². The molecule has 0 unspecified atom stereocenters. The molecule has 0 amide bonds. The Morgan fingerprint density at radius 1 is 0.431 bits per heavy atom. The van der Waals surface area contributed by atoms with Crippen molar-refractivity contribution in [3.63, 3.8) is 0 Å². The summed E-state index contributed by atoms with van der Waals surface area (Å²) in [5.74, 6) is 3.26. The van der Waals surface area contributed by atoms with Crippen molar-refractivity contribution < 1.29 is 0 Å². The van der Waals surface area contributed by atoms with E-state index in [9.17, 15) is 0 Å². The summed E-state index contributed by atoms with van der Waals surface area (Å²) in [4.78, 5) is 2.59. The van der Waals surface area contributed by atoms with Crippen LogP contribution < -0.4 is 4.90 Å². The Morgan fingerprint density at radius 2 is 1.05 bits per heavy atom. The van der Waals surface area contributed by atoms with Gasteiger partial charge < -0.3 is 4.90 Å². The van der Waals surface area contributed by atoms with Gasteiger partial charge in [-0.25, -0.2) is 0 Å². The van der Waals surface area contributed by atoms with Crippen molar-refractivity contribution in [2.24, 2.45) is 23.7 Å². The molecule has 0 N–H and O–H groups in total. The predicted molar refractivity (Wildman–Crippen MR) is 242 cm³/mol. The van der Waals surface area contributed by atoms with Crippen molar-refractivity contribution in [3.05, 3.63) is 186 Å². The molecule has 280 valence electrons. The van der Waals surface area contributed by atoms with E-state index in [4.69, 9.17) is 0 Å². The molecular weight excluding hydrogens is 699 g/mol. The molecule has 0 aliphatic heterocycles. The molecule has 0 aromatic heterocycles. The standard InChI is InChI=1S/C57H47N/c1-56(2)51-21-7-5-17-47(51)50-20-10-18-44(55(50)56)38-13-9-14-41(33-38)58(54-23-11-19-45-43-15-4-3-12-37(43)24-26-49(45)54)42-25-27-48-46-16-6-8-22-52(46)57(53(48)34-42)39-29-35-28-36(31-39)32-40(57)30-35/h3-27,33-36,39-40H,28-32H2,1-2H3. The van der Waals surface area contributed by atoms with E-state index in [0.29, 0.717) is 0 Å². The Kier molecular flexibility index (Phi) is 6.75. The maximum Gasteiger partial charge on any atom is 0.0540 e. The van der Waals surface area contributed by atoms with Crippen molar-refractivity contribution in [1.29, 1.82) is 0 Å². The lowest BCUT2D eigenvalue weighted by Gasteiger charge is -2.61. The molecule has 6 aliphatic rings. The lowest BCUT2D eigenvalue weighted by molar-refractivity contribution is -0.0399. The first kappa shape index (κ1) is 33.1. The van der Waals surface area contributed by atoms with Gasteiger partial charge in [0.05, 0.1) is 5.69 Å². The lowest BCUT2D eigenvalue weighted by atomic mass is 9.43. The number of nitrogens with zero attached hydrogens (tertiary/aromatic N) is 1. The van der Waals surface area contributed by atoms with Gasteiger partial charge in [-0.05, 0) is 158 Å². The highest BCUT2D eigenvalue weighted by Gasteiger charge is 2.61. The number of fused-ring (bicyclic) bond motifs is 9. The molecule has 4 saturated carbocycles. The summed E-state index contributed by atoms with van der Waals surface area (Å²) in [7, 11) is 0. The number of benzene rings is 8. The van der Waals surface area contributed by atoms with Crippen LogP contribution in [0.25, 0.3) is 54.9 Å². The SMILES string of the molecule is CC1(C)c2ccccc2-c2cccc(-c3cccc(N(c4ccc5c(c4)C4(c6ccccc6-5)C5CC6CC(C5)CC4C6)c4cccc5c4ccc4ccccc45)c3)c21. The van der Waals surface area contributed by atoms with Gasteiger partial charge in [-0.15, -0.1) is 0 Å². The van der Waals surface area contributed by atoms with Gasteiger partial charge in [0.25, 0.3) is 0 Å². The van der Waals surface area contributed by atoms with Crippen LogP contribution >= 0.6 is 0 Å². The molecule has 8 aromatic carbocycles. The summed E-state index contributed by atoms with van der Waals surface area (Å²) >= 11 is 0. The van der Waals surface area contributed by atoms with E-state index < -0.39 is 0 Å². The zero-order valence-corrected chi connectivity index (χ0v) is 33.4. The highest BCUT2D eigenvalue weighted by atomic mass is 15.1. The second-order valence-electron chi connectivity index (χ2n) is 18.9. The fourth-order valence-corrected chi connectivity index (χ4v) is 13.8. The Balaban J connectivity index is 1.04. The molecule has 4 fully saturated rings. The number of hydrogen-bond donors (Lipinski definition) is 0. The first-order valence-corrected chi connectivity index (χ1v) is 21.8. The van der Waals surface area contributed by atoms with Gasteiger partial charge in [-0.2, -0.15) is 0 Å². The van der Waals surface area contributed by atoms with Crippen LogP contribution in [0, 0.1) is 23.7 Å². The van der Waals surface area contributed by atoms with E-state index in [1.807, 2.05) is 0 Å². The van der Waals surface area contributed by atoms with Crippen LogP contribution in [0.5, 0.6) is 0 Å². The monoisotopic (exact) mass is 745 g/mol. The first-order valence-electron chi connectivity index (χ1n) is 21.8. The van der Waals surface area contributed by atoms with Crippen LogP contribution in [-0.2, 0) is 10.8 Å². The predicted octanol–water partition coefficient (Wildman–Crippen LogP) is 15.2. The van der Waals surface area contributed by atoms with Gasteiger partial charge in [-0.1, -0.05) is 147 Å². The van der Waals surface area contributed by atoms with Gasteiger partial charge in [0.1, 0.15) is 0 Å². The van der Waals surface area contributed by atoms with E-state index in [0.717, 1.165) is 23.7 Å². The lowest BCUT2D eigenvalue weighted by Crippen LogP contribution is -2.55. The van der Waals surface area contributed by atoms with Crippen LogP contribution in [0.1, 0.15) is 68.2 Å². The van der Waals surface area contributed by atoms with E-state index in [1.165, 1.54) is 115 Å². The average molecular weight is 746 g/mol. The molecule has 58 heavy (non-hydrogen) atoms. The van der Waals surface area contributed by atoms with E-state index in [-0.39, 0.29) is 10.8 Å². The van der Waals surface area contributed by atoms with Crippen LogP contribution in [-0.4, -0.2) is 0 Å². The summed E-state index contributed by atoms with van der Waals surface area (Å²) in [5.41, 5.74) is 18.0. The molecular formula is C57H47N. The number of hydrogen-bond acceptors (Lipinski definition) is 1. The van der Waals surface area contributed by atoms with Gasteiger partial charge in [0, 0.05) is 27.6 Å². The van der Waals surface area contributed by atoms with Crippen LogP contribution in [0.15, 0.2) is 164 Å². The Labute approximate surface area is 342 Å². The third kappa shape index (κ3) is 4.32. The highest BCUT2D eigenvalue weighted by Crippen LogP contribution is 2.69. The van der Waals surface area contributed by atoms with Gasteiger partial charge in [0.2, 0.25) is 0 Å². The summed E-state index contributed by atoms with van der Waals surface area (Å²) in [5, 5.41) is 5.15.